The first kappa shape index (κ1) is 13.5. The van der Waals surface area contributed by atoms with Crippen molar-refractivity contribution in [1.82, 2.24) is 4.98 Å². The van der Waals surface area contributed by atoms with E-state index in [0.29, 0.717) is 5.88 Å². The summed E-state index contributed by atoms with van der Waals surface area (Å²) in [6.45, 7) is 2.05. The highest BCUT2D eigenvalue weighted by Crippen LogP contribution is 2.42. The Morgan fingerprint density at radius 3 is 2.95 bits per heavy atom. The molecule has 0 saturated heterocycles. The second-order valence-corrected chi connectivity index (χ2v) is 5.20. The van der Waals surface area contributed by atoms with E-state index in [2.05, 4.69) is 16.0 Å². The maximum absolute atomic E-state index is 10.9. The lowest BCUT2D eigenvalue weighted by atomic mass is 9.93. The van der Waals surface area contributed by atoms with Gasteiger partial charge in [-0.1, -0.05) is 6.07 Å². The van der Waals surface area contributed by atoms with Gasteiger partial charge in [0.15, 0.2) is 0 Å². The smallest absolute Gasteiger partial charge is 0.240 e. The number of aryl methyl sites for hydroxylation is 2. The molecule has 4 heteroatoms. The van der Waals surface area contributed by atoms with E-state index in [1.807, 2.05) is 19.1 Å². The molecule has 1 aromatic heterocycles. The quantitative estimate of drug-likeness (QED) is 0.638. The first-order valence-electron chi connectivity index (χ1n) is 6.98. The molecule has 0 N–H and O–H groups in total. The molecule has 0 fully saturated rings. The van der Waals surface area contributed by atoms with Gasteiger partial charge in [-0.2, -0.15) is 4.99 Å². The topological polar surface area (TPSA) is 51.5 Å². The second kappa shape index (κ2) is 5.51. The number of ether oxygens (including phenoxy) is 1. The standard InChI is InChI=1S/C17H16N2O2/c1-11-8-12-4-3-5-14(12)17(19-10-20)16(11)13-6-7-18-15(9-13)21-2/h6-9H,3-5H2,1-2H3. The van der Waals surface area contributed by atoms with Crippen LogP contribution in [0.15, 0.2) is 29.4 Å². The predicted octanol–water partition coefficient (Wildman–Crippen LogP) is 3.52. The van der Waals surface area contributed by atoms with Crippen LogP contribution in [-0.2, 0) is 17.6 Å². The highest BCUT2D eigenvalue weighted by atomic mass is 16.5. The summed E-state index contributed by atoms with van der Waals surface area (Å²) in [5.41, 5.74) is 6.27. The number of carbonyl (C=O) groups excluding carboxylic acids is 1. The molecule has 0 bridgehead atoms. The van der Waals surface area contributed by atoms with Gasteiger partial charge in [0.05, 0.1) is 12.8 Å². The van der Waals surface area contributed by atoms with Gasteiger partial charge in [0, 0.05) is 17.8 Å². The fourth-order valence-electron chi connectivity index (χ4n) is 3.08. The van der Waals surface area contributed by atoms with Crippen LogP contribution in [0.4, 0.5) is 5.69 Å². The van der Waals surface area contributed by atoms with Gasteiger partial charge >= 0.3 is 0 Å². The minimum Gasteiger partial charge on any atom is -0.481 e. The zero-order valence-electron chi connectivity index (χ0n) is 12.1. The molecule has 0 radical (unpaired) electrons. The fraction of sp³-hybridized carbons (Fsp3) is 0.294. The summed E-state index contributed by atoms with van der Waals surface area (Å²) in [5.74, 6) is 0.549. The van der Waals surface area contributed by atoms with E-state index in [-0.39, 0.29) is 0 Å². The molecule has 0 saturated carbocycles. The van der Waals surface area contributed by atoms with Crippen LogP contribution in [0.5, 0.6) is 5.88 Å². The number of nitrogens with zero attached hydrogens (tertiary/aromatic N) is 2. The number of aliphatic imine (C=N–C) groups is 1. The van der Waals surface area contributed by atoms with Crippen molar-refractivity contribution in [2.24, 2.45) is 4.99 Å². The predicted molar refractivity (Wildman–Crippen MR) is 80.8 cm³/mol. The Bertz CT molecular complexity index is 747. The van der Waals surface area contributed by atoms with Gasteiger partial charge in [0.2, 0.25) is 12.0 Å². The number of aromatic nitrogens is 1. The molecular weight excluding hydrogens is 264 g/mol. The minimum absolute atomic E-state index is 0.549. The van der Waals surface area contributed by atoms with Gasteiger partial charge in [-0.05, 0) is 54.5 Å². The van der Waals surface area contributed by atoms with Crippen LogP contribution in [0, 0.1) is 6.92 Å². The molecule has 106 valence electrons. The lowest BCUT2D eigenvalue weighted by Crippen LogP contribution is -1.94. The van der Waals surface area contributed by atoms with Crippen molar-refractivity contribution in [2.75, 3.05) is 7.11 Å². The van der Waals surface area contributed by atoms with E-state index < -0.39 is 0 Å². The number of pyridine rings is 1. The molecule has 4 nitrogen and oxygen atoms in total. The lowest BCUT2D eigenvalue weighted by molar-refractivity contribution is 0.398. The van der Waals surface area contributed by atoms with Gasteiger partial charge in [0.1, 0.15) is 0 Å². The van der Waals surface area contributed by atoms with E-state index in [1.54, 1.807) is 19.4 Å². The highest BCUT2D eigenvalue weighted by molar-refractivity contribution is 5.84. The zero-order valence-corrected chi connectivity index (χ0v) is 12.1. The van der Waals surface area contributed by atoms with Gasteiger partial charge in [-0.3, -0.25) is 0 Å². The van der Waals surface area contributed by atoms with Crippen molar-refractivity contribution in [3.8, 4) is 17.0 Å². The first-order chi connectivity index (χ1) is 10.2. The van der Waals surface area contributed by atoms with Crippen LogP contribution in [0.1, 0.15) is 23.1 Å². The molecule has 1 heterocycles. The monoisotopic (exact) mass is 280 g/mol. The summed E-state index contributed by atoms with van der Waals surface area (Å²) in [6, 6.07) is 5.98. The van der Waals surface area contributed by atoms with Crippen molar-refractivity contribution >= 4 is 11.8 Å². The van der Waals surface area contributed by atoms with Crippen LogP contribution in [0.2, 0.25) is 0 Å². The summed E-state index contributed by atoms with van der Waals surface area (Å²) >= 11 is 0. The SMILES string of the molecule is COc1cc(-c2c(C)cc3c(c2N=C=O)CCC3)ccn1. The molecular formula is C17H16N2O2. The first-order valence-corrected chi connectivity index (χ1v) is 6.98. The average Bonchev–Trinajstić information content (AvgIpc) is 2.95. The minimum atomic E-state index is 0.549. The third-order valence-corrected chi connectivity index (χ3v) is 3.96. The Morgan fingerprint density at radius 1 is 1.33 bits per heavy atom. The summed E-state index contributed by atoms with van der Waals surface area (Å²) in [5, 5.41) is 0. The lowest BCUT2D eigenvalue weighted by Gasteiger charge is -2.14. The molecule has 0 spiro atoms. The maximum Gasteiger partial charge on any atom is 0.240 e. The number of isocyanates is 1. The highest BCUT2D eigenvalue weighted by Gasteiger charge is 2.21. The summed E-state index contributed by atoms with van der Waals surface area (Å²) in [6.07, 6.45) is 6.54. The van der Waals surface area contributed by atoms with Gasteiger partial charge in [-0.25, -0.2) is 9.78 Å². The molecule has 0 atom stereocenters. The third-order valence-electron chi connectivity index (χ3n) is 3.96. The molecule has 1 aromatic carbocycles. The largest absolute Gasteiger partial charge is 0.481 e. The van der Waals surface area contributed by atoms with Crippen molar-refractivity contribution in [2.45, 2.75) is 26.2 Å². The van der Waals surface area contributed by atoms with Crippen LogP contribution < -0.4 is 4.74 Å². The molecule has 1 aliphatic rings. The van der Waals surface area contributed by atoms with E-state index >= 15 is 0 Å². The van der Waals surface area contributed by atoms with Gasteiger partial charge < -0.3 is 4.74 Å². The molecule has 3 rings (SSSR count). The Balaban J connectivity index is 2.28. The molecule has 0 aliphatic heterocycles. The Kier molecular flexibility index (Phi) is 3.55. The normalized spacial score (nSPS) is 12.7. The van der Waals surface area contributed by atoms with Gasteiger partial charge in [-0.15, -0.1) is 0 Å². The summed E-state index contributed by atoms with van der Waals surface area (Å²) in [7, 11) is 1.59. The number of hydrogen-bond donors (Lipinski definition) is 0. The molecule has 1 aliphatic carbocycles. The van der Waals surface area contributed by atoms with E-state index in [4.69, 9.17) is 4.74 Å². The number of hydrogen-bond acceptors (Lipinski definition) is 4. The van der Waals surface area contributed by atoms with Crippen molar-refractivity contribution in [3.05, 3.63) is 41.1 Å². The second-order valence-electron chi connectivity index (χ2n) is 5.20. The van der Waals surface area contributed by atoms with Gasteiger partial charge in [0.25, 0.3) is 0 Å². The zero-order chi connectivity index (χ0) is 14.8. The number of fused-ring (bicyclic) bond motifs is 1. The summed E-state index contributed by atoms with van der Waals surface area (Å²) < 4.78 is 5.19. The summed E-state index contributed by atoms with van der Waals surface area (Å²) in [4.78, 5) is 19.0. The van der Waals surface area contributed by atoms with E-state index in [0.717, 1.165) is 41.6 Å². The molecule has 21 heavy (non-hydrogen) atoms. The maximum atomic E-state index is 10.9. The van der Waals surface area contributed by atoms with Crippen LogP contribution in [0.25, 0.3) is 11.1 Å². The number of rotatable bonds is 3. The van der Waals surface area contributed by atoms with E-state index in [1.165, 1.54) is 11.1 Å². The number of benzene rings is 1. The average molecular weight is 280 g/mol. The third kappa shape index (κ3) is 2.34. The Hall–Kier alpha value is -2.45. The van der Waals surface area contributed by atoms with Crippen molar-refractivity contribution < 1.29 is 9.53 Å². The molecule has 2 aromatic rings. The van der Waals surface area contributed by atoms with Crippen LogP contribution >= 0.6 is 0 Å². The fourth-order valence-corrected chi connectivity index (χ4v) is 3.08. The Morgan fingerprint density at radius 2 is 2.19 bits per heavy atom. The van der Waals surface area contributed by atoms with E-state index in [9.17, 15) is 4.79 Å². The molecule has 0 unspecified atom stereocenters. The van der Waals surface area contributed by atoms with Crippen LogP contribution in [0.3, 0.4) is 0 Å². The van der Waals surface area contributed by atoms with Crippen LogP contribution in [-0.4, -0.2) is 18.2 Å². The van der Waals surface area contributed by atoms with Crippen molar-refractivity contribution in [1.29, 1.82) is 0 Å². The van der Waals surface area contributed by atoms with Crippen molar-refractivity contribution in [3.63, 3.8) is 0 Å². The molecule has 0 amide bonds. The Labute approximate surface area is 123 Å². The number of methoxy groups -OCH3 is 1.